The topological polar surface area (TPSA) is 64.1 Å². The summed E-state index contributed by atoms with van der Waals surface area (Å²) in [6.07, 6.45) is 0. The van der Waals surface area contributed by atoms with E-state index < -0.39 is 0 Å². The van der Waals surface area contributed by atoms with Crippen molar-refractivity contribution in [3.05, 3.63) is 54.6 Å². The predicted molar refractivity (Wildman–Crippen MR) is 102 cm³/mol. The molecule has 0 radical (unpaired) electrons. The van der Waals surface area contributed by atoms with Gasteiger partial charge in [0.1, 0.15) is 10.8 Å². The minimum atomic E-state index is -0.102. The summed E-state index contributed by atoms with van der Waals surface area (Å²) >= 11 is 2.83. The van der Waals surface area contributed by atoms with Crippen LogP contribution in [0.5, 0.6) is 5.75 Å². The van der Waals surface area contributed by atoms with Crippen LogP contribution in [0.1, 0.15) is 6.92 Å². The first-order valence-corrected chi connectivity index (χ1v) is 9.59. The third-order valence-corrected chi connectivity index (χ3v) is 5.10. The number of anilines is 1. The second kappa shape index (κ2) is 8.64. The molecule has 0 fully saturated rings. The van der Waals surface area contributed by atoms with E-state index in [1.54, 1.807) is 0 Å². The molecule has 0 aliphatic heterocycles. The molecule has 0 unspecified atom stereocenters. The quantitative estimate of drug-likeness (QED) is 0.626. The summed E-state index contributed by atoms with van der Waals surface area (Å²) in [5.41, 5.74) is 0.990. The summed E-state index contributed by atoms with van der Waals surface area (Å²) in [5, 5.41) is 12.2. The van der Waals surface area contributed by atoms with Gasteiger partial charge in [0.15, 0.2) is 0 Å². The summed E-state index contributed by atoms with van der Waals surface area (Å²) in [7, 11) is 0. The van der Waals surface area contributed by atoms with Gasteiger partial charge in [0.2, 0.25) is 11.0 Å². The zero-order valence-corrected chi connectivity index (χ0v) is 15.3. The van der Waals surface area contributed by atoms with Crippen LogP contribution in [0.15, 0.2) is 59.5 Å². The smallest absolute Gasteiger partial charge is 0.236 e. The van der Waals surface area contributed by atoms with Crippen molar-refractivity contribution >= 4 is 34.1 Å². The van der Waals surface area contributed by atoms with Crippen molar-refractivity contribution < 1.29 is 9.53 Å². The standard InChI is InChI=1S/C18H17N3O2S2/c1-2-23-14-8-10-15(11-9-14)24-12-16(22)19-18-21-20-17(25-18)13-6-4-3-5-7-13/h3-11H,2,12H2,1H3,(H,19,21,22). The molecule has 2 aromatic carbocycles. The Balaban J connectivity index is 1.52. The fourth-order valence-electron chi connectivity index (χ4n) is 2.07. The van der Waals surface area contributed by atoms with E-state index in [1.807, 2.05) is 61.5 Å². The van der Waals surface area contributed by atoms with E-state index in [0.29, 0.717) is 17.5 Å². The van der Waals surface area contributed by atoms with Gasteiger partial charge in [-0.2, -0.15) is 0 Å². The van der Waals surface area contributed by atoms with Gasteiger partial charge in [-0.15, -0.1) is 22.0 Å². The number of thioether (sulfide) groups is 1. The highest BCUT2D eigenvalue weighted by molar-refractivity contribution is 8.00. The zero-order chi connectivity index (χ0) is 17.5. The molecule has 3 rings (SSSR count). The molecule has 25 heavy (non-hydrogen) atoms. The van der Waals surface area contributed by atoms with Crippen LogP contribution in [0, 0.1) is 0 Å². The lowest BCUT2D eigenvalue weighted by Gasteiger charge is -2.04. The van der Waals surface area contributed by atoms with Crippen LogP contribution in [-0.4, -0.2) is 28.5 Å². The average Bonchev–Trinajstić information content (AvgIpc) is 3.11. The molecule has 1 heterocycles. The first-order valence-electron chi connectivity index (χ1n) is 7.79. The van der Waals surface area contributed by atoms with E-state index in [-0.39, 0.29) is 5.91 Å². The van der Waals surface area contributed by atoms with Gasteiger partial charge < -0.3 is 4.74 Å². The van der Waals surface area contributed by atoms with Crippen LogP contribution in [0.4, 0.5) is 5.13 Å². The molecular weight excluding hydrogens is 354 g/mol. The maximum absolute atomic E-state index is 12.1. The molecule has 0 saturated carbocycles. The number of hydrogen-bond donors (Lipinski definition) is 1. The molecule has 128 valence electrons. The normalized spacial score (nSPS) is 10.4. The van der Waals surface area contributed by atoms with Crippen LogP contribution in [0.3, 0.4) is 0 Å². The largest absolute Gasteiger partial charge is 0.494 e. The van der Waals surface area contributed by atoms with Gasteiger partial charge in [0.25, 0.3) is 0 Å². The molecule has 1 amide bonds. The summed E-state index contributed by atoms with van der Waals surface area (Å²) in [4.78, 5) is 13.1. The van der Waals surface area contributed by atoms with E-state index >= 15 is 0 Å². The number of carbonyl (C=O) groups excluding carboxylic acids is 1. The lowest BCUT2D eigenvalue weighted by atomic mass is 10.2. The number of nitrogens with zero attached hydrogens (tertiary/aromatic N) is 2. The number of benzene rings is 2. The first kappa shape index (κ1) is 17.4. The molecule has 1 N–H and O–H groups in total. The predicted octanol–water partition coefficient (Wildman–Crippen LogP) is 4.33. The molecule has 0 bridgehead atoms. The molecule has 0 aliphatic rings. The molecule has 1 aromatic heterocycles. The van der Waals surface area contributed by atoms with E-state index in [1.165, 1.54) is 23.1 Å². The third kappa shape index (κ3) is 5.04. The van der Waals surface area contributed by atoms with Gasteiger partial charge in [0, 0.05) is 10.5 Å². The van der Waals surface area contributed by atoms with Crippen molar-refractivity contribution in [3.63, 3.8) is 0 Å². The minimum absolute atomic E-state index is 0.102. The van der Waals surface area contributed by atoms with Crippen LogP contribution >= 0.6 is 23.1 Å². The van der Waals surface area contributed by atoms with E-state index in [4.69, 9.17) is 4.74 Å². The zero-order valence-electron chi connectivity index (χ0n) is 13.6. The van der Waals surface area contributed by atoms with Crippen LogP contribution in [0.25, 0.3) is 10.6 Å². The lowest BCUT2D eigenvalue weighted by Crippen LogP contribution is -2.13. The SMILES string of the molecule is CCOc1ccc(SCC(=O)Nc2nnc(-c3ccccc3)s2)cc1. The van der Waals surface area contributed by atoms with Gasteiger partial charge in [-0.1, -0.05) is 41.7 Å². The molecule has 7 heteroatoms. The second-order valence-corrected chi connectivity index (χ2v) is 7.05. The van der Waals surface area contributed by atoms with Crippen LogP contribution < -0.4 is 10.1 Å². The van der Waals surface area contributed by atoms with Crippen molar-refractivity contribution in [2.24, 2.45) is 0 Å². The Labute approximate surface area is 154 Å². The fourth-order valence-corrected chi connectivity index (χ4v) is 3.54. The summed E-state index contributed by atoms with van der Waals surface area (Å²) < 4.78 is 5.40. The monoisotopic (exact) mass is 371 g/mol. The number of rotatable bonds is 7. The number of aromatic nitrogens is 2. The number of nitrogens with one attached hydrogen (secondary N) is 1. The highest BCUT2D eigenvalue weighted by atomic mass is 32.2. The number of ether oxygens (including phenoxy) is 1. The van der Waals surface area contributed by atoms with Gasteiger partial charge in [-0.25, -0.2) is 0 Å². The summed E-state index contributed by atoms with van der Waals surface area (Å²) in [6.45, 7) is 2.59. The molecule has 0 atom stereocenters. The Morgan fingerprint density at radius 3 is 2.60 bits per heavy atom. The molecular formula is C18H17N3O2S2. The Bertz CT molecular complexity index is 820. The van der Waals surface area contributed by atoms with Crippen LogP contribution in [-0.2, 0) is 4.79 Å². The Hall–Kier alpha value is -2.38. The highest BCUT2D eigenvalue weighted by Gasteiger charge is 2.10. The fraction of sp³-hybridized carbons (Fsp3) is 0.167. The Morgan fingerprint density at radius 2 is 1.88 bits per heavy atom. The lowest BCUT2D eigenvalue weighted by molar-refractivity contribution is -0.113. The number of amides is 1. The van der Waals surface area contributed by atoms with Crippen molar-refractivity contribution in [1.82, 2.24) is 10.2 Å². The van der Waals surface area contributed by atoms with Gasteiger partial charge >= 0.3 is 0 Å². The van der Waals surface area contributed by atoms with Crippen LogP contribution in [0.2, 0.25) is 0 Å². The first-order chi connectivity index (χ1) is 12.2. The summed E-state index contributed by atoms with van der Waals surface area (Å²) in [5.74, 6) is 1.04. The van der Waals surface area contributed by atoms with E-state index in [9.17, 15) is 4.79 Å². The van der Waals surface area contributed by atoms with Gasteiger partial charge in [0.05, 0.1) is 12.4 Å². The maximum Gasteiger partial charge on any atom is 0.236 e. The summed E-state index contributed by atoms with van der Waals surface area (Å²) in [6, 6.07) is 17.5. The Kier molecular flexibility index (Phi) is 6.03. The van der Waals surface area contributed by atoms with Gasteiger partial charge in [-0.3, -0.25) is 10.1 Å². The van der Waals surface area contributed by atoms with Crippen molar-refractivity contribution in [2.45, 2.75) is 11.8 Å². The second-order valence-electron chi connectivity index (χ2n) is 5.02. The Morgan fingerprint density at radius 1 is 1.12 bits per heavy atom. The molecule has 3 aromatic rings. The molecule has 0 aliphatic carbocycles. The van der Waals surface area contributed by atoms with Gasteiger partial charge in [-0.05, 0) is 31.2 Å². The molecule has 5 nitrogen and oxygen atoms in total. The maximum atomic E-state index is 12.1. The minimum Gasteiger partial charge on any atom is -0.494 e. The van der Waals surface area contributed by atoms with E-state index in [2.05, 4.69) is 15.5 Å². The number of carbonyl (C=O) groups is 1. The highest BCUT2D eigenvalue weighted by Crippen LogP contribution is 2.26. The van der Waals surface area contributed by atoms with E-state index in [0.717, 1.165) is 21.2 Å². The van der Waals surface area contributed by atoms with Crippen molar-refractivity contribution in [1.29, 1.82) is 0 Å². The third-order valence-electron chi connectivity index (χ3n) is 3.20. The van der Waals surface area contributed by atoms with Crippen molar-refractivity contribution in [3.8, 4) is 16.3 Å². The van der Waals surface area contributed by atoms with Crippen molar-refractivity contribution in [2.75, 3.05) is 17.7 Å². The average molecular weight is 371 g/mol. The molecule has 0 spiro atoms. The number of hydrogen-bond acceptors (Lipinski definition) is 6. The molecule has 0 saturated heterocycles.